The molecular weight excluding hydrogens is 224 g/mol. The van der Waals surface area contributed by atoms with Crippen LogP contribution in [0.15, 0.2) is 12.3 Å². The molecule has 4 heterocycles. The number of pyridine rings is 1. The molecule has 0 spiro atoms. The van der Waals surface area contributed by atoms with E-state index in [-0.39, 0.29) is 5.78 Å². The molecule has 3 aliphatic rings. The van der Waals surface area contributed by atoms with Crippen LogP contribution >= 0.6 is 0 Å². The number of piperidine rings is 3. The van der Waals surface area contributed by atoms with Crippen LogP contribution in [0.2, 0.25) is 0 Å². The summed E-state index contributed by atoms with van der Waals surface area (Å²) in [6, 6.07) is 2.13. The van der Waals surface area contributed by atoms with E-state index >= 15 is 0 Å². The Morgan fingerprint density at radius 1 is 1.39 bits per heavy atom. The Balaban J connectivity index is 1.89. The minimum atomic E-state index is 0.112. The highest BCUT2D eigenvalue weighted by molar-refractivity contribution is 5.95. The summed E-state index contributed by atoms with van der Waals surface area (Å²) in [5.41, 5.74) is 3.02. The summed E-state index contributed by atoms with van der Waals surface area (Å²) in [5, 5.41) is 0. The molecule has 0 amide bonds. The van der Waals surface area contributed by atoms with Crippen LogP contribution in [0.5, 0.6) is 0 Å². The highest BCUT2D eigenvalue weighted by Crippen LogP contribution is 2.38. The summed E-state index contributed by atoms with van der Waals surface area (Å²) in [6.45, 7) is 7.29. The second-order valence-electron chi connectivity index (χ2n) is 5.72. The summed E-state index contributed by atoms with van der Waals surface area (Å²) < 4.78 is 0. The third-order valence-electron chi connectivity index (χ3n) is 4.55. The van der Waals surface area contributed by atoms with Crippen LogP contribution in [0.4, 0.5) is 0 Å². The zero-order valence-corrected chi connectivity index (χ0v) is 11.1. The van der Waals surface area contributed by atoms with Gasteiger partial charge in [0, 0.05) is 29.9 Å². The molecule has 1 aromatic heterocycles. The lowest BCUT2D eigenvalue weighted by atomic mass is 9.77. The van der Waals surface area contributed by atoms with Crippen LogP contribution < -0.4 is 0 Å². The van der Waals surface area contributed by atoms with Crippen molar-refractivity contribution in [3.05, 3.63) is 29.1 Å². The molecule has 0 aliphatic carbocycles. The molecule has 3 heteroatoms. The Kier molecular flexibility index (Phi) is 2.94. The third-order valence-corrected chi connectivity index (χ3v) is 4.55. The predicted octanol–water partition coefficient (Wildman–Crippen LogP) is 2.40. The van der Waals surface area contributed by atoms with E-state index in [1.807, 2.05) is 6.92 Å². The average Bonchev–Trinajstić information content (AvgIpc) is 2.39. The minimum absolute atomic E-state index is 0.112. The first-order valence-corrected chi connectivity index (χ1v) is 6.85. The summed E-state index contributed by atoms with van der Waals surface area (Å²) >= 11 is 0. The molecule has 0 N–H and O–H groups in total. The van der Waals surface area contributed by atoms with Gasteiger partial charge in [-0.2, -0.15) is 0 Å². The van der Waals surface area contributed by atoms with Gasteiger partial charge in [-0.05, 0) is 57.3 Å². The molecule has 18 heavy (non-hydrogen) atoms. The first-order chi connectivity index (χ1) is 8.65. The van der Waals surface area contributed by atoms with E-state index < -0.39 is 0 Å². The lowest BCUT2D eigenvalue weighted by molar-refractivity contribution is 0.0854. The van der Waals surface area contributed by atoms with Crippen LogP contribution in [0.1, 0.15) is 47.3 Å². The molecule has 1 atom stereocenters. The molecule has 3 aliphatic heterocycles. The molecule has 4 rings (SSSR count). The van der Waals surface area contributed by atoms with Gasteiger partial charge in [-0.3, -0.25) is 9.78 Å². The van der Waals surface area contributed by atoms with Crippen molar-refractivity contribution < 1.29 is 4.79 Å². The summed E-state index contributed by atoms with van der Waals surface area (Å²) in [7, 11) is 0. The average molecular weight is 244 g/mol. The predicted molar refractivity (Wildman–Crippen MR) is 70.9 cm³/mol. The Morgan fingerprint density at radius 2 is 2.11 bits per heavy atom. The maximum atomic E-state index is 11.4. The van der Waals surface area contributed by atoms with E-state index in [1.54, 1.807) is 13.1 Å². The van der Waals surface area contributed by atoms with Crippen molar-refractivity contribution >= 4 is 5.78 Å². The Hall–Kier alpha value is -1.22. The van der Waals surface area contributed by atoms with Gasteiger partial charge in [-0.1, -0.05) is 0 Å². The van der Waals surface area contributed by atoms with Crippen LogP contribution in [0.25, 0.3) is 0 Å². The van der Waals surface area contributed by atoms with Crippen molar-refractivity contribution in [2.45, 2.75) is 32.6 Å². The van der Waals surface area contributed by atoms with E-state index in [1.165, 1.54) is 31.6 Å². The number of hydrogen-bond donors (Lipinski definition) is 0. The molecule has 3 fully saturated rings. The molecule has 2 bridgehead atoms. The molecule has 0 saturated carbocycles. The monoisotopic (exact) mass is 244 g/mol. The van der Waals surface area contributed by atoms with Gasteiger partial charge in [0.2, 0.25) is 0 Å². The van der Waals surface area contributed by atoms with Crippen molar-refractivity contribution in [3.8, 4) is 0 Å². The zero-order valence-electron chi connectivity index (χ0n) is 11.1. The Bertz CT molecular complexity index is 475. The number of ketones is 1. The molecular formula is C15H20N2O. The summed E-state index contributed by atoms with van der Waals surface area (Å²) in [4.78, 5) is 18.5. The minimum Gasteiger partial charge on any atom is -0.303 e. The highest BCUT2D eigenvalue weighted by atomic mass is 16.1. The smallest absolute Gasteiger partial charge is 0.161 e. The van der Waals surface area contributed by atoms with Crippen LogP contribution in [0.3, 0.4) is 0 Å². The number of Topliss-reactive ketones (excluding diaryl/α,β-unsaturated/α-hetero) is 1. The number of aromatic nitrogens is 1. The fraction of sp³-hybridized carbons (Fsp3) is 0.600. The van der Waals surface area contributed by atoms with Crippen LogP contribution in [-0.2, 0) is 0 Å². The van der Waals surface area contributed by atoms with E-state index in [9.17, 15) is 4.79 Å². The van der Waals surface area contributed by atoms with Gasteiger partial charge in [0.25, 0.3) is 0 Å². The SMILES string of the molecule is CC(=O)c1cnc(C2CN3CCC2CC3)cc1C. The van der Waals surface area contributed by atoms with Gasteiger partial charge in [0.15, 0.2) is 5.78 Å². The molecule has 1 aromatic rings. The summed E-state index contributed by atoms with van der Waals surface area (Å²) in [5.74, 6) is 1.48. The number of aryl methyl sites for hydroxylation is 1. The maximum absolute atomic E-state index is 11.4. The van der Waals surface area contributed by atoms with Gasteiger partial charge in [-0.25, -0.2) is 0 Å². The molecule has 3 saturated heterocycles. The lowest BCUT2D eigenvalue weighted by Gasteiger charge is -2.44. The molecule has 3 nitrogen and oxygen atoms in total. The molecule has 96 valence electrons. The van der Waals surface area contributed by atoms with E-state index in [0.29, 0.717) is 5.92 Å². The molecule has 1 unspecified atom stereocenters. The number of carbonyl (C=O) groups is 1. The van der Waals surface area contributed by atoms with Crippen molar-refractivity contribution in [3.63, 3.8) is 0 Å². The number of rotatable bonds is 2. The first kappa shape index (κ1) is 11.8. The second-order valence-corrected chi connectivity index (χ2v) is 5.72. The molecule has 0 radical (unpaired) electrons. The Morgan fingerprint density at radius 3 is 2.61 bits per heavy atom. The van der Waals surface area contributed by atoms with Gasteiger partial charge in [0.05, 0.1) is 0 Å². The first-order valence-electron chi connectivity index (χ1n) is 6.85. The van der Waals surface area contributed by atoms with Gasteiger partial charge < -0.3 is 4.90 Å². The van der Waals surface area contributed by atoms with Crippen molar-refractivity contribution in [2.24, 2.45) is 5.92 Å². The fourth-order valence-electron chi connectivity index (χ4n) is 3.45. The van der Waals surface area contributed by atoms with Gasteiger partial charge in [0.1, 0.15) is 0 Å². The van der Waals surface area contributed by atoms with E-state index in [4.69, 9.17) is 0 Å². The largest absolute Gasteiger partial charge is 0.303 e. The van der Waals surface area contributed by atoms with Gasteiger partial charge in [-0.15, -0.1) is 0 Å². The van der Waals surface area contributed by atoms with E-state index in [0.717, 1.165) is 23.6 Å². The quantitative estimate of drug-likeness (QED) is 0.749. The number of nitrogens with zero attached hydrogens (tertiary/aromatic N) is 2. The standard InChI is InChI=1S/C15H20N2O/c1-10-7-15(16-8-13(10)11(2)18)14-9-17-5-3-12(14)4-6-17/h7-8,12,14H,3-6,9H2,1-2H3. The topological polar surface area (TPSA) is 33.2 Å². The normalized spacial score (nSPS) is 30.4. The third kappa shape index (κ3) is 1.97. The van der Waals surface area contributed by atoms with Crippen LogP contribution in [0, 0.1) is 12.8 Å². The number of fused-ring (bicyclic) bond motifs is 3. The molecule has 0 aromatic carbocycles. The fourth-order valence-corrected chi connectivity index (χ4v) is 3.45. The summed E-state index contributed by atoms with van der Waals surface area (Å²) in [6.07, 6.45) is 4.38. The number of carbonyl (C=O) groups excluding carboxylic acids is 1. The van der Waals surface area contributed by atoms with Crippen molar-refractivity contribution in [1.82, 2.24) is 9.88 Å². The van der Waals surface area contributed by atoms with Gasteiger partial charge >= 0.3 is 0 Å². The van der Waals surface area contributed by atoms with E-state index in [2.05, 4.69) is 16.0 Å². The zero-order chi connectivity index (χ0) is 12.7. The second kappa shape index (κ2) is 4.47. The van der Waals surface area contributed by atoms with Crippen molar-refractivity contribution in [1.29, 1.82) is 0 Å². The van der Waals surface area contributed by atoms with Crippen LogP contribution in [-0.4, -0.2) is 35.3 Å². The number of hydrogen-bond acceptors (Lipinski definition) is 3. The highest BCUT2D eigenvalue weighted by Gasteiger charge is 2.35. The van der Waals surface area contributed by atoms with Crippen molar-refractivity contribution in [2.75, 3.05) is 19.6 Å². The lowest BCUT2D eigenvalue weighted by Crippen LogP contribution is -2.46. The maximum Gasteiger partial charge on any atom is 0.161 e. The Labute approximate surface area is 108 Å².